The van der Waals surface area contributed by atoms with Gasteiger partial charge in [-0.15, -0.1) is 0 Å². The maximum absolute atomic E-state index is 11.9. The number of anilines is 2. The first-order chi connectivity index (χ1) is 11.6. The number of aromatic nitrogens is 3. The van der Waals surface area contributed by atoms with Crippen LogP contribution in [0.2, 0.25) is 0 Å². The van der Waals surface area contributed by atoms with Gasteiger partial charge in [0.05, 0.1) is 12.3 Å². The van der Waals surface area contributed by atoms with E-state index in [0.717, 1.165) is 11.8 Å². The fourth-order valence-electron chi connectivity index (χ4n) is 2.03. The van der Waals surface area contributed by atoms with Gasteiger partial charge in [-0.1, -0.05) is 23.9 Å². The van der Waals surface area contributed by atoms with Gasteiger partial charge in [0.25, 0.3) is 0 Å². The van der Waals surface area contributed by atoms with E-state index in [1.807, 2.05) is 24.3 Å². The minimum atomic E-state index is -0.239. The number of nitrogens with two attached hydrogens (primary N) is 2. The second-order valence-corrected chi connectivity index (χ2v) is 5.87. The summed E-state index contributed by atoms with van der Waals surface area (Å²) in [6.45, 7) is 0.722. The average molecular weight is 348 g/mol. The number of nitrogens with one attached hydrogen (secondary N) is 1. The van der Waals surface area contributed by atoms with Gasteiger partial charge in [-0.05, 0) is 12.1 Å². The highest BCUT2D eigenvalue weighted by Gasteiger charge is 2.21. The maximum Gasteiger partial charge on any atom is 0.230 e. The molecule has 0 bridgehead atoms. The Morgan fingerprint density at radius 2 is 1.92 bits per heavy atom. The number of hydrogen-bond donors (Lipinski definition) is 3. The molecule has 1 aliphatic heterocycles. The van der Waals surface area contributed by atoms with Crippen LogP contribution < -0.4 is 26.3 Å². The van der Waals surface area contributed by atoms with Crippen molar-refractivity contribution in [3.05, 3.63) is 24.3 Å². The standard InChI is InChI=1S/C14H16N6O3S/c15-12-18-13(16)20-14(19-12)24-7-11(21)17-5-8-6-22-9-3-1-2-4-10(9)23-8/h1-4,8H,5-7H2,(H,17,21)(H4,15,16,18,19,20)/t8-/m1/s1. The quantitative estimate of drug-likeness (QED) is 0.641. The summed E-state index contributed by atoms with van der Waals surface area (Å²) in [7, 11) is 0. The summed E-state index contributed by atoms with van der Waals surface area (Å²) in [6.07, 6.45) is -0.239. The summed E-state index contributed by atoms with van der Waals surface area (Å²) >= 11 is 1.13. The summed E-state index contributed by atoms with van der Waals surface area (Å²) in [5.74, 6) is 1.38. The Labute approximate surface area is 142 Å². The number of fused-ring (bicyclic) bond motifs is 1. The number of ether oxygens (including phenoxy) is 2. The number of thioether (sulfide) groups is 1. The Morgan fingerprint density at radius 3 is 2.67 bits per heavy atom. The molecule has 2 heterocycles. The summed E-state index contributed by atoms with van der Waals surface area (Å²) < 4.78 is 11.4. The Morgan fingerprint density at radius 1 is 1.21 bits per heavy atom. The molecule has 1 amide bonds. The van der Waals surface area contributed by atoms with Gasteiger partial charge in [0.15, 0.2) is 16.7 Å². The predicted octanol–water partition coefficient (Wildman–Crippen LogP) is 0.0843. The van der Waals surface area contributed by atoms with Gasteiger partial charge >= 0.3 is 0 Å². The van der Waals surface area contributed by atoms with E-state index in [2.05, 4.69) is 20.3 Å². The molecular formula is C14H16N6O3S. The molecule has 2 aromatic rings. The van der Waals surface area contributed by atoms with Gasteiger partial charge in [0.1, 0.15) is 12.7 Å². The molecule has 24 heavy (non-hydrogen) atoms. The topological polar surface area (TPSA) is 138 Å². The summed E-state index contributed by atoms with van der Waals surface area (Å²) in [5, 5.41) is 3.09. The summed E-state index contributed by atoms with van der Waals surface area (Å²) in [4.78, 5) is 23.4. The molecule has 0 radical (unpaired) electrons. The smallest absolute Gasteiger partial charge is 0.230 e. The molecule has 1 aromatic carbocycles. The number of hydrogen-bond acceptors (Lipinski definition) is 9. The number of nitrogen functional groups attached to an aromatic ring is 2. The largest absolute Gasteiger partial charge is 0.486 e. The van der Waals surface area contributed by atoms with Crippen LogP contribution in [-0.4, -0.2) is 45.9 Å². The van der Waals surface area contributed by atoms with E-state index in [1.54, 1.807) is 0 Å². The lowest BCUT2D eigenvalue weighted by molar-refractivity contribution is -0.119. The van der Waals surface area contributed by atoms with E-state index in [1.165, 1.54) is 0 Å². The molecular weight excluding hydrogens is 332 g/mol. The van der Waals surface area contributed by atoms with Gasteiger partial charge in [-0.3, -0.25) is 4.79 Å². The minimum absolute atomic E-state index is 0.0248. The zero-order chi connectivity index (χ0) is 16.9. The highest BCUT2D eigenvalue weighted by molar-refractivity contribution is 7.99. The molecule has 0 saturated carbocycles. The third-order valence-electron chi connectivity index (χ3n) is 3.08. The molecule has 10 heteroatoms. The minimum Gasteiger partial charge on any atom is -0.486 e. The molecule has 0 unspecified atom stereocenters. The van der Waals surface area contributed by atoms with E-state index in [-0.39, 0.29) is 29.7 Å². The van der Waals surface area contributed by atoms with Crippen LogP contribution in [0.1, 0.15) is 0 Å². The molecule has 0 spiro atoms. The SMILES string of the molecule is Nc1nc(N)nc(SCC(=O)NC[C@@H]2COc3ccccc3O2)n1. The summed E-state index contributed by atoms with van der Waals surface area (Å²) in [5.41, 5.74) is 10.9. The molecule has 9 nitrogen and oxygen atoms in total. The van der Waals surface area contributed by atoms with Crippen molar-refractivity contribution in [1.29, 1.82) is 0 Å². The highest BCUT2D eigenvalue weighted by atomic mass is 32.2. The van der Waals surface area contributed by atoms with Crippen molar-refractivity contribution in [1.82, 2.24) is 20.3 Å². The fourth-order valence-corrected chi connectivity index (χ4v) is 2.70. The van der Waals surface area contributed by atoms with E-state index in [0.29, 0.717) is 29.8 Å². The average Bonchev–Trinajstić information content (AvgIpc) is 2.57. The van der Waals surface area contributed by atoms with Crippen molar-refractivity contribution in [2.24, 2.45) is 0 Å². The van der Waals surface area contributed by atoms with Crippen LogP contribution in [0.3, 0.4) is 0 Å². The number of amides is 1. The molecule has 0 aliphatic carbocycles. The van der Waals surface area contributed by atoms with Crippen molar-refractivity contribution in [2.75, 3.05) is 30.4 Å². The number of benzene rings is 1. The number of rotatable bonds is 5. The number of carbonyl (C=O) groups excluding carboxylic acids is 1. The Kier molecular flexibility index (Phi) is 4.85. The van der Waals surface area contributed by atoms with Crippen LogP contribution in [-0.2, 0) is 4.79 Å². The van der Waals surface area contributed by atoms with Crippen LogP contribution in [0.25, 0.3) is 0 Å². The van der Waals surface area contributed by atoms with Gasteiger partial charge < -0.3 is 26.3 Å². The molecule has 3 rings (SSSR count). The molecule has 5 N–H and O–H groups in total. The number of para-hydroxylation sites is 2. The van der Waals surface area contributed by atoms with E-state index in [4.69, 9.17) is 20.9 Å². The van der Waals surface area contributed by atoms with Crippen molar-refractivity contribution >= 4 is 29.6 Å². The molecule has 1 aromatic heterocycles. The first-order valence-corrected chi connectivity index (χ1v) is 8.14. The molecule has 0 fully saturated rings. The van der Waals surface area contributed by atoms with Crippen LogP contribution in [0.4, 0.5) is 11.9 Å². The Hall–Kier alpha value is -2.75. The molecule has 0 saturated heterocycles. The highest BCUT2D eigenvalue weighted by Crippen LogP contribution is 2.30. The number of carbonyl (C=O) groups is 1. The fraction of sp³-hybridized carbons (Fsp3) is 0.286. The van der Waals surface area contributed by atoms with Crippen molar-refractivity contribution in [2.45, 2.75) is 11.3 Å². The molecule has 1 atom stereocenters. The van der Waals surface area contributed by atoms with Crippen LogP contribution in [0, 0.1) is 0 Å². The Balaban J connectivity index is 1.45. The lowest BCUT2D eigenvalue weighted by Crippen LogP contribution is -2.41. The van der Waals surface area contributed by atoms with E-state index >= 15 is 0 Å². The van der Waals surface area contributed by atoms with Crippen LogP contribution in [0.15, 0.2) is 29.4 Å². The van der Waals surface area contributed by atoms with Gasteiger partial charge in [0, 0.05) is 0 Å². The van der Waals surface area contributed by atoms with Gasteiger partial charge in [-0.25, -0.2) is 0 Å². The predicted molar refractivity (Wildman–Crippen MR) is 88.7 cm³/mol. The normalized spacial score (nSPS) is 15.8. The second-order valence-electron chi connectivity index (χ2n) is 4.92. The van der Waals surface area contributed by atoms with Gasteiger partial charge in [-0.2, -0.15) is 15.0 Å². The Bertz CT molecular complexity index is 724. The second kappa shape index (κ2) is 7.21. The lowest BCUT2D eigenvalue weighted by Gasteiger charge is -2.26. The maximum atomic E-state index is 11.9. The zero-order valence-corrected chi connectivity index (χ0v) is 13.5. The first kappa shape index (κ1) is 16.1. The monoisotopic (exact) mass is 348 g/mol. The molecule has 1 aliphatic rings. The third-order valence-corrected chi connectivity index (χ3v) is 3.92. The van der Waals surface area contributed by atoms with Gasteiger partial charge in [0.2, 0.25) is 17.8 Å². The first-order valence-electron chi connectivity index (χ1n) is 7.15. The lowest BCUT2D eigenvalue weighted by atomic mass is 10.2. The van der Waals surface area contributed by atoms with Crippen LogP contribution in [0.5, 0.6) is 11.5 Å². The summed E-state index contributed by atoms with van der Waals surface area (Å²) in [6, 6.07) is 7.41. The van der Waals surface area contributed by atoms with Crippen molar-refractivity contribution in [3.8, 4) is 11.5 Å². The number of nitrogens with zero attached hydrogens (tertiary/aromatic N) is 3. The third kappa shape index (κ3) is 4.16. The van der Waals surface area contributed by atoms with Crippen molar-refractivity contribution in [3.63, 3.8) is 0 Å². The van der Waals surface area contributed by atoms with E-state index in [9.17, 15) is 4.79 Å². The zero-order valence-electron chi connectivity index (χ0n) is 12.6. The van der Waals surface area contributed by atoms with Crippen molar-refractivity contribution < 1.29 is 14.3 Å². The molecule has 126 valence electrons. The van der Waals surface area contributed by atoms with Crippen LogP contribution >= 0.6 is 11.8 Å². The van der Waals surface area contributed by atoms with E-state index < -0.39 is 0 Å².